The quantitative estimate of drug-likeness (QED) is 0.739. The Morgan fingerprint density at radius 3 is 2.57 bits per heavy atom. The van der Waals surface area contributed by atoms with E-state index in [4.69, 9.17) is 0 Å². The van der Waals surface area contributed by atoms with Gasteiger partial charge in [0.05, 0.1) is 0 Å². The highest BCUT2D eigenvalue weighted by molar-refractivity contribution is 5.90. The van der Waals surface area contributed by atoms with Gasteiger partial charge in [0.15, 0.2) is 0 Å². The van der Waals surface area contributed by atoms with Gasteiger partial charge >= 0.3 is 0 Å². The maximum Gasteiger partial charge on any atom is 0.245 e. The predicted molar refractivity (Wildman–Crippen MR) is 87.6 cm³/mol. The van der Waals surface area contributed by atoms with E-state index in [0.29, 0.717) is 25.4 Å². The first-order valence-corrected chi connectivity index (χ1v) is 8.75. The van der Waals surface area contributed by atoms with Crippen LogP contribution in [0.5, 0.6) is 0 Å². The lowest BCUT2D eigenvalue weighted by molar-refractivity contribution is -0.135. The first-order valence-electron chi connectivity index (χ1n) is 8.75. The van der Waals surface area contributed by atoms with Gasteiger partial charge in [-0.05, 0) is 45.4 Å². The molecule has 2 aliphatic rings. The Hall–Kier alpha value is -1.59. The average Bonchev–Trinajstić information content (AvgIpc) is 2.44. The van der Waals surface area contributed by atoms with Crippen LogP contribution in [0.15, 0.2) is 0 Å². The van der Waals surface area contributed by atoms with E-state index >= 15 is 0 Å². The van der Waals surface area contributed by atoms with Crippen molar-refractivity contribution in [2.75, 3.05) is 19.6 Å². The molecule has 0 atom stereocenters. The zero-order chi connectivity index (χ0) is 16.9. The maximum absolute atomic E-state index is 12.2. The summed E-state index contributed by atoms with van der Waals surface area (Å²) in [7, 11) is 0. The van der Waals surface area contributed by atoms with Crippen molar-refractivity contribution in [3.05, 3.63) is 0 Å². The molecule has 2 rings (SSSR count). The van der Waals surface area contributed by atoms with Crippen LogP contribution in [0.3, 0.4) is 0 Å². The summed E-state index contributed by atoms with van der Waals surface area (Å²) in [4.78, 5) is 37.8. The molecule has 2 N–H and O–H groups in total. The number of nitrogens with zero attached hydrogens (tertiary/aromatic N) is 1. The van der Waals surface area contributed by atoms with Gasteiger partial charge in [0.2, 0.25) is 17.7 Å². The zero-order valence-electron chi connectivity index (χ0n) is 14.3. The highest BCUT2D eigenvalue weighted by Gasteiger charge is 2.30. The first-order chi connectivity index (χ1) is 10.9. The van der Waals surface area contributed by atoms with Gasteiger partial charge in [-0.15, -0.1) is 0 Å². The second kappa shape index (κ2) is 7.79. The number of rotatable bonds is 7. The third kappa shape index (κ3) is 5.22. The second-order valence-electron chi connectivity index (χ2n) is 7.27. The van der Waals surface area contributed by atoms with Gasteiger partial charge in [0.1, 0.15) is 5.54 Å². The van der Waals surface area contributed by atoms with Gasteiger partial charge < -0.3 is 15.5 Å². The molecule has 3 amide bonds. The normalized spacial score (nSPS) is 19.2. The minimum atomic E-state index is -0.924. The summed E-state index contributed by atoms with van der Waals surface area (Å²) in [5.41, 5.74) is -0.924. The van der Waals surface area contributed by atoms with Crippen LogP contribution in [0.1, 0.15) is 58.8 Å². The first kappa shape index (κ1) is 17.8. The number of carbonyl (C=O) groups is 3. The van der Waals surface area contributed by atoms with Crippen molar-refractivity contribution in [1.82, 2.24) is 15.5 Å². The second-order valence-corrected chi connectivity index (χ2v) is 7.27. The summed E-state index contributed by atoms with van der Waals surface area (Å²) in [5, 5.41) is 5.71. The maximum atomic E-state index is 12.2. The van der Waals surface area contributed by atoms with Crippen LogP contribution in [0.2, 0.25) is 0 Å². The SMILES string of the molecule is CC(C)(NC(=O)CCN1CCCCC1=O)C(=O)NCC1CCC1. The molecule has 0 spiro atoms. The summed E-state index contributed by atoms with van der Waals surface area (Å²) >= 11 is 0. The number of hydrogen-bond acceptors (Lipinski definition) is 3. The lowest BCUT2D eigenvalue weighted by atomic mass is 9.85. The van der Waals surface area contributed by atoms with Crippen LogP contribution in [-0.4, -0.2) is 47.8 Å². The van der Waals surface area contributed by atoms with E-state index in [1.165, 1.54) is 19.3 Å². The van der Waals surface area contributed by atoms with E-state index in [2.05, 4.69) is 10.6 Å². The molecule has 6 heteroatoms. The third-order valence-corrected chi connectivity index (χ3v) is 4.83. The average molecular weight is 323 g/mol. The molecule has 1 heterocycles. The van der Waals surface area contributed by atoms with Crippen molar-refractivity contribution < 1.29 is 14.4 Å². The van der Waals surface area contributed by atoms with E-state index in [9.17, 15) is 14.4 Å². The molecule has 23 heavy (non-hydrogen) atoms. The fraction of sp³-hybridized carbons (Fsp3) is 0.824. The number of likely N-dealkylation sites (tertiary alicyclic amines) is 1. The predicted octanol–water partition coefficient (Wildman–Crippen LogP) is 1.20. The molecular formula is C17H29N3O3. The number of hydrogen-bond donors (Lipinski definition) is 2. The van der Waals surface area contributed by atoms with Crippen molar-refractivity contribution in [1.29, 1.82) is 0 Å². The fourth-order valence-electron chi connectivity index (χ4n) is 2.96. The Morgan fingerprint density at radius 2 is 1.96 bits per heavy atom. The molecule has 0 unspecified atom stereocenters. The van der Waals surface area contributed by atoms with E-state index in [-0.39, 0.29) is 24.1 Å². The molecule has 1 saturated carbocycles. The van der Waals surface area contributed by atoms with E-state index in [1.54, 1.807) is 18.7 Å². The van der Waals surface area contributed by atoms with Crippen LogP contribution in [0.4, 0.5) is 0 Å². The summed E-state index contributed by atoms with van der Waals surface area (Å²) in [6, 6.07) is 0. The van der Waals surface area contributed by atoms with Crippen molar-refractivity contribution in [3.8, 4) is 0 Å². The summed E-state index contributed by atoms with van der Waals surface area (Å²) in [6.45, 7) is 5.29. The lowest BCUT2D eigenvalue weighted by Gasteiger charge is -2.30. The largest absolute Gasteiger partial charge is 0.354 e. The topological polar surface area (TPSA) is 78.5 Å². The number of piperidine rings is 1. The minimum Gasteiger partial charge on any atom is -0.354 e. The minimum absolute atomic E-state index is 0.126. The fourth-order valence-corrected chi connectivity index (χ4v) is 2.96. The van der Waals surface area contributed by atoms with Gasteiger partial charge in [-0.1, -0.05) is 6.42 Å². The Kier molecular flexibility index (Phi) is 6.02. The smallest absolute Gasteiger partial charge is 0.245 e. The molecule has 1 saturated heterocycles. The van der Waals surface area contributed by atoms with E-state index in [1.807, 2.05) is 0 Å². The Bertz CT molecular complexity index is 458. The van der Waals surface area contributed by atoms with Gasteiger partial charge in [-0.25, -0.2) is 0 Å². The molecule has 0 aromatic carbocycles. The van der Waals surface area contributed by atoms with E-state index in [0.717, 1.165) is 19.4 Å². The lowest BCUT2D eigenvalue weighted by Crippen LogP contribution is -2.56. The van der Waals surface area contributed by atoms with Crippen molar-refractivity contribution >= 4 is 17.7 Å². The van der Waals surface area contributed by atoms with Gasteiger partial charge in [-0.3, -0.25) is 14.4 Å². The standard InChI is InChI=1S/C17H29N3O3/c1-17(2,16(23)18-12-13-6-5-7-13)19-14(21)9-11-20-10-4-3-8-15(20)22/h13H,3-12H2,1-2H3,(H,18,23)(H,19,21). The molecule has 1 aliphatic carbocycles. The van der Waals surface area contributed by atoms with Crippen molar-refractivity contribution in [2.24, 2.45) is 5.92 Å². The number of amides is 3. The summed E-state index contributed by atoms with van der Waals surface area (Å²) < 4.78 is 0. The van der Waals surface area contributed by atoms with Gasteiger partial charge in [0.25, 0.3) is 0 Å². The monoisotopic (exact) mass is 323 g/mol. The summed E-state index contributed by atoms with van der Waals surface area (Å²) in [6.07, 6.45) is 6.36. The Morgan fingerprint density at radius 1 is 1.22 bits per heavy atom. The van der Waals surface area contributed by atoms with Crippen molar-refractivity contribution in [3.63, 3.8) is 0 Å². The van der Waals surface area contributed by atoms with Gasteiger partial charge in [-0.2, -0.15) is 0 Å². The van der Waals surface area contributed by atoms with Crippen LogP contribution in [-0.2, 0) is 14.4 Å². The van der Waals surface area contributed by atoms with Crippen molar-refractivity contribution in [2.45, 2.75) is 64.3 Å². The molecule has 0 bridgehead atoms. The molecule has 1 aliphatic heterocycles. The molecule has 0 radical (unpaired) electrons. The zero-order valence-corrected chi connectivity index (χ0v) is 14.3. The molecule has 0 aromatic heterocycles. The molecule has 2 fully saturated rings. The van der Waals surface area contributed by atoms with Crippen LogP contribution in [0.25, 0.3) is 0 Å². The van der Waals surface area contributed by atoms with Crippen LogP contribution >= 0.6 is 0 Å². The van der Waals surface area contributed by atoms with Crippen LogP contribution < -0.4 is 10.6 Å². The molecule has 0 aromatic rings. The highest BCUT2D eigenvalue weighted by atomic mass is 16.2. The molecular weight excluding hydrogens is 294 g/mol. The Balaban J connectivity index is 1.71. The highest BCUT2D eigenvalue weighted by Crippen LogP contribution is 2.25. The number of nitrogens with one attached hydrogen (secondary N) is 2. The van der Waals surface area contributed by atoms with E-state index < -0.39 is 5.54 Å². The number of carbonyl (C=O) groups excluding carboxylic acids is 3. The molecule has 130 valence electrons. The third-order valence-electron chi connectivity index (χ3n) is 4.83. The van der Waals surface area contributed by atoms with Gasteiger partial charge in [0, 0.05) is 32.5 Å². The molecule has 6 nitrogen and oxygen atoms in total. The summed E-state index contributed by atoms with van der Waals surface area (Å²) in [5.74, 6) is 0.385. The van der Waals surface area contributed by atoms with Crippen LogP contribution in [0, 0.1) is 5.92 Å². The Labute approximate surface area is 138 Å².